The van der Waals surface area contributed by atoms with Crippen LogP contribution in [0.2, 0.25) is 0 Å². The van der Waals surface area contributed by atoms with Crippen molar-refractivity contribution < 1.29 is 4.79 Å². The highest BCUT2D eigenvalue weighted by Crippen LogP contribution is 2.32. The van der Waals surface area contributed by atoms with Crippen molar-refractivity contribution in [3.8, 4) is 0 Å². The largest absolute Gasteiger partial charge is 0.349 e. The molecule has 0 bridgehead atoms. The molecule has 0 heterocycles. The summed E-state index contributed by atoms with van der Waals surface area (Å²) in [6.45, 7) is 2.09. The van der Waals surface area contributed by atoms with Crippen molar-refractivity contribution >= 4 is 28.5 Å². The lowest BCUT2D eigenvalue weighted by Crippen LogP contribution is -2.34. The average molecular weight is 315 g/mol. The van der Waals surface area contributed by atoms with E-state index in [0.29, 0.717) is 12.0 Å². The van der Waals surface area contributed by atoms with Crippen LogP contribution in [0.4, 0.5) is 0 Å². The van der Waals surface area contributed by atoms with Gasteiger partial charge in [-0.1, -0.05) is 12.1 Å². The lowest BCUT2D eigenvalue weighted by Gasteiger charge is -2.13. The van der Waals surface area contributed by atoms with Gasteiger partial charge >= 0.3 is 0 Å². The monoisotopic (exact) mass is 315 g/mol. The van der Waals surface area contributed by atoms with Crippen LogP contribution < -0.4 is 5.32 Å². The summed E-state index contributed by atoms with van der Waals surface area (Å²) < 4.78 is 1.01. The molecule has 1 fully saturated rings. The summed E-state index contributed by atoms with van der Waals surface area (Å²) in [6, 6.07) is 7.99. The molecule has 3 heteroatoms. The Bertz CT molecular complexity index is 374. The second kappa shape index (κ2) is 4.51. The fraction of sp³-hybridized carbons (Fsp3) is 0.417. The molecule has 1 atom stereocenters. The maximum Gasteiger partial charge on any atom is 0.252 e. The lowest BCUT2D eigenvalue weighted by atomic mass is 10.1. The average Bonchev–Trinajstić information content (AvgIpc) is 3.01. The second-order valence-corrected chi connectivity index (χ2v) is 5.24. The van der Waals surface area contributed by atoms with Gasteiger partial charge in [0.25, 0.3) is 5.91 Å². The van der Waals surface area contributed by atoms with Crippen molar-refractivity contribution in [3.63, 3.8) is 0 Å². The predicted octanol–water partition coefficient (Wildman–Crippen LogP) is 2.82. The molecular formula is C12H14INO. The molecule has 15 heavy (non-hydrogen) atoms. The van der Waals surface area contributed by atoms with Crippen LogP contribution in [0, 0.1) is 9.49 Å². The maximum absolute atomic E-state index is 11.9. The van der Waals surface area contributed by atoms with Crippen molar-refractivity contribution in [2.45, 2.75) is 25.8 Å². The maximum atomic E-state index is 11.9. The Balaban J connectivity index is 2.04. The Labute approximate surface area is 104 Å². The van der Waals surface area contributed by atoms with Crippen molar-refractivity contribution in [2.75, 3.05) is 0 Å². The molecule has 1 aromatic carbocycles. The molecule has 1 N–H and O–H groups in total. The third kappa shape index (κ3) is 2.71. The highest BCUT2D eigenvalue weighted by Gasteiger charge is 2.29. The summed E-state index contributed by atoms with van der Waals surface area (Å²) in [5.74, 6) is 0.759. The summed E-state index contributed by atoms with van der Waals surface area (Å²) in [5.41, 5.74) is 0.783. The van der Waals surface area contributed by atoms with Crippen molar-refractivity contribution in [3.05, 3.63) is 33.4 Å². The number of amides is 1. The van der Waals surface area contributed by atoms with Gasteiger partial charge in [0.05, 0.1) is 5.56 Å². The first kappa shape index (κ1) is 10.9. The van der Waals surface area contributed by atoms with Gasteiger partial charge in [-0.25, -0.2) is 0 Å². The Kier molecular flexibility index (Phi) is 3.29. The fourth-order valence-electron chi connectivity index (χ4n) is 1.64. The van der Waals surface area contributed by atoms with Gasteiger partial charge in [-0.05, 0) is 60.4 Å². The van der Waals surface area contributed by atoms with E-state index in [4.69, 9.17) is 0 Å². The second-order valence-electron chi connectivity index (χ2n) is 4.08. The summed E-state index contributed by atoms with van der Waals surface area (Å²) in [4.78, 5) is 11.9. The smallest absolute Gasteiger partial charge is 0.252 e. The highest BCUT2D eigenvalue weighted by molar-refractivity contribution is 14.1. The Morgan fingerprint density at radius 2 is 2.13 bits per heavy atom. The van der Waals surface area contributed by atoms with E-state index in [2.05, 4.69) is 34.8 Å². The molecule has 1 amide bonds. The van der Waals surface area contributed by atoms with Crippen LogP contribution >= 0.6 is 22.6 Å². The number of hydrogen-bond acceptors (Lipinski definition) is 1. The zero-order valence-electron chi connectivity index (χ0n) is 8.66. The van der Waals surface area contributed by atoms with E-state index in [1.54, 1.807) is 0 Å². The van der Waals surface area contributed by atoms with E-state index in [0.717, 1.165) is 9.13 Å². The first-order valence-electron chi connectivity index (χ1n) is 5.24. The van der Waals surface area contributed by atoms with Crippen molar-refractivity contribution in [1.82, 2.24) is 5.32 Å². The van der Waals surface area contributed by atoms with Gasteiger partial charge in [-0.3, -0.25) is 4.79 Å². The van der Waals surface area contributed by atoms with E-state index in [1.807, 2.05) is 24.3 Å². The fourth-order valence-corrected chi connectivity index (χ4v) is 2.28. The third-order valence-corrected chi connectivity index (χ3v) is 3.75. The summed E-state index contributed by atoms with van der Waals surface area (Å²) in [7, 11) is 0. The van der Waals surface area contributed by atoms with Gasteiger partial charge in [-0.15, -0.1) is 0 Å². The van der Waals surface area contributed by atoms with Gasteiger partial charge < -0.3 is 5.32 Å². The van der Waals surface area contributed by atoms with Crippen LogP contribution in [0.1, 0.15) is 30.1 Å². The van der Waals surface area contributed by atoms with Crippen LogP contribution in [0.15, 0.2) is 24.3 Å². The summed E-state index contributed by atoms with van der Waals surface area (Å²) >= 11 is 2.19. The molecule has 1 aromatic rings. The molecule has 0 spiro atoms. The van der Waals surface area contributed by atoms with Crippen LogP contribution in [0.25, 0.3) is 0 Å². The number of benzene rings is 1. The standard InChI is InChI=1S/C12H14INO/c1-8(9-6-7-9)14-12(15)10-4-2-3-5-11(10)13/h2-5,8-9H,6-7H2,1H3,(H,14,15). The molecule has 0 aliphatic heterocycles. The minimum atomic E-state index is 0.0550. The molecule has 1 aliphatic carbocycles. The Morgan fingerprint density at radius 1 is 1.47 bits per heavy atom. The van der Waals surface area contributed by atoms with Gasteiger partial charge in [0.1, 0.15) is 0 Å². The molecule has 0 aromatic heterocycles. The van der Waals surface area contributed by atoms with E-state index >= 15 is 0 Å². The zero-order valence-corrected chi connectivity index (χ0v) is 10.8. The zero-order chi connectivity index (χ0) is 10.8. The van der Waals surface area contributed by atoms with Gasteiger partial charge in [0, 0.05) is 9.61 Å². The molecule has 2 nitrogen and oxygen atoms in total. The predicted molar refractivity (Wildman–Crippen MR) is 68.8 cm³/mol. The Hall–Kier alpha value is -0.580. The van der Waals surface area contributed by atoms with Crippen LogP contribution in [0.5, 0.6) is 0 Å². The highest BCUT2D eigenvalue weighted by atomic mass is 127. The molecular weight excluding hydrogens is 301 g/mol. The Morgan fingerprint density at radius 3 is 2.73 bits per heavy atom. The van der Waals surface area contributed by atoms with Crippen LogP contribution in [-0.2, 0) is 0 Å². The third-order valence-electron chi connectivity index (χ3n) is 2.81. The number of hydrogen-bond donors (Lipinski definition) is 1. The summed E-state index contributed by atoms with van der Waals surface area (Å²) in [5, 5.41) is 3.06. The topological polar surface area (TPSA) is 29.1 Å². The van der Waals surface area contributed by atoms with Crippen LogP contribution in [-0.4, -0.2) is 11.9 Å². The number of nitrogens with one attached hydrogen (secondary N) is 1. The van der Waals surface area contributed by atoms with Gasteiger partial charge in [0.15, 0.2) is 0 Å². The number of rotatable bonds is 3. The van der Waals surface area contributed by atoms with E-state index in [-0.39, 0.29) is 5.91 Å². The molecule has 1 unspecified atom stereocenters. The quantitative estimate of drug-likeness (QED) is 0.854. The molecule has 80 valence electrons. The summed E-state index contributed by atoms with van der Waals surface area (Å²) in [6.07, 6.45) is 2.51. The van der Waals surface area contributed by atoms with Gasteiger partial charge in [0.2, 0.25) is 0 Å². The van der Waals surface area contributed by atoms with Crippen molar-refractivity contribution in [2.24, 2.45) is 5.92 Å². The van der Waals surface area contributed by atoms with E-state index in [9.17, 15) is 4.79 Å². The van der Waals surface area contributed by atoms with E-state index < -0.39 is 0 Å². The minimum Gasteiger partial charge on any atom is -0.349 e. The molecule has 1 aliphatic rings. The minimum absolute atomic E-state index is 0.0550. The number of carbonyl (C=O) groups is 1. The van der Waals surface area contributed by atoms with Gasteiger partial charge in [-0.2, -0.15) is 0 Å². The van der Waals surface area contributed by atoms with Crippen LogP contribution in [0.3, 0.4) is 0 Å². The first-order chi connectivity index (χ1) is 7.18. The van der Waals surface area contributed by atoms with E-state index in [1.165, 1.54) is 12.8 Å². The lowest BCUT2D eigenvalue weighted by molar-refractivity contribution is 0.0935. The van der Waals surface area contributed by atoms with Crippen molar-refractivity contribution in [1.29, 1.82) is 0 Å². The number of halogens is 1. The number of carbonyl (C=O) groups excluding carboxylic acids is 1. The molecule has 0 saturated heterocycles. The molecule has 1 saturated carbocycles. The molecule has 2 rings (SSSR count). The normalized spacial score (nSPS) is 17.2. The SMILES string of the molecule is CC(NC(=O)c1ccccc1I)C1CC1. The molecule has 0 radical (unpaired) electrons. The first-order valence-corrected chi connectivity index (χ1v) is 6.32.